The maximum Gasteiger partial charge on any atom is 0.416 e. The van der Waals surface area contributed by atoms with Crippen molar-refractivity contribution < 1.29 is 32.2 Å². The molecule has 27 heavy (non-hydrogen) atoms. The van der Waals surface area contributed by atoms with Crippen molar-refractivity contribution in [2.45, 2.75) is 38.9 Å². The van der Waals surface area contributed by atoms with Crippen LogP contribution in [0.15, 0.2) is 18.2 Å². The minimum atomic E-state index is -4.55. The second-order valence-corrected chi connectivity index (χ2v) is 5.98. The minimum absolute atomic E-state index is 0.0663. The Morgan fingerprint density at radius 2 is 1.93 bits per heavy atom. The standard InChI is InChI=1S/C19H22F3NO4/c1-3-26-17(24)6-5-12-9-13(19(20,21)22)10-15-14(12)7-8-23-16(15)11-18(25)27-4-2/h5-6,9-10,16,23H,3-4,7-8,11H2,1-2H3/b6-5+. The van der Waals surface area contributed by atoms with Gasteiger partial charge in [-0.2, -0.15) is 13.2 Å². The smallest absolute Gasteiger partial charge is 0.416 e. The maximum atomic E-state index is 13.3. The highest BCUT2D eigenvalue weighted by molar-refractivity contribution is 5.87. The van der Waals surface area contributed by atoms with Crippen LogP contribution >= 0.6 is 0 Å². The zero-order valence-corrected chi connectivity index (χ0v) is 15.2. The number of halogens is 3. The van der Waals surface area contributed by atoms with Crippen molar-refractivity contribution in [1.82, 2.24) is 5.32 Å². The van der Waals surface area contributed by atoms with Gasteiger partial charge >= 0.3 is 18.1 Å². The Bertz CT molecular complexity index is 728. The van der Waals surface area contributed by atoms with Gasteiger partial charge in [-0.15, -0.1) is 0 Å². The third-order valence-electron chi connectivity index (χ3n) is 4.15. The summed E-state index contributed by atoms with van der Waals surface area (Å²) < 4.78 is 49.7. The van der Waals surface area contributed by atoms with E-state index in [1.807, 2.05) is 0 Å². The molecule has 1 aliphatic heterocycles. The molecule has 0 amide bonds. The first-order chi connectivity index (χ1) is 12.8. The van der Waals surface area contributed by atoms with Crippen molar-refractivity contribution in [3.8, 4) is 0 Å². The van der Waals surface area contributed by atoms with Gasteiger partial charge in [0.25, 0.3) is 0 Å². The van der Waals surface area contributed by atoms with E-state index in [1.165, 1.54) is 6.08 Å². The third kappa shape index (κ3) is 5.56. The predicted octanol–water partition coefficient (Wildman–Crippen LogP) is 3.42. The number of benzene rings is 1. The third-order valence-corrected chi connectivity index (χ3v) is 4.15. The first-order valence-corrected chi connectivity index (χ1v) is 8.74. The number of rotatable bonds is 6. The molecule has 0 saturated carbocycles. The van der Waals surface area contributed by atoms with E-state index < -0.39 is 29.7 Å². The maximum absolute atomic E-state index is 13.3. The molecule has 8 heteroatoms. The van der Waals surface area contributed by atoms with Gasteiger partial charge in [0.05, 0.1) is 25.2 Å². The van der Waals surface area contributed by atoms with E-state index in [0.29, 0.717) is 29.7 Å². The first kappa shape index (κ1) is 21.0. The van der Waals surface area contributed by atoms with Crippen LogP contribution in [0, 0.1) is 0 Å². The van der Waals surface area contributed by atoms with Gasteiger partial charge in [0.2, 0.25) is 0 Å². The zero-order chi connectivity index (χ0) is 20.0. The van der Waals surface area contributed by atoms with Crippen molar-refractivity contribution in [3.63, 3.8) is 0 Å². The SMILES string of the molecule is CCOC(=O)/C=C/c1cc(C(F)(F)F)cc2c1CCNC2CC(=O)OCC. The van der Waals surface area contributed by atoms with Crippen LogP contribution in [0.2, 0.25) is 0 Å². The van der Waals surface area contributed by atoms with Crippen LogP contribution in [-0.2, 0) is 31.7 Å². The molecule has 0 radical (unpaired) electrons. The molecule has 148 valence electrons. The summed E-state index contributed by atoms with van der Waals surface area (Å²) in [6, 6.07) is 1.50. The Hall–Kier alpha value is -2.35. The summed E-state index contributed by atoms with van der Waals surface area (Å²) in [5, 5.41) is 3.07. The fourth-order valence-electron chi connectivity index (χ4n) is 3.03. The first-order valence-electron chi connectivity index (χ1n) is 8.74. The highest BCUT2D eigenvalue weighted by Gasteiger charge is 2.34. The average Bonchev–Trinajstić information content (AvgIpc) is 2.59. The number of hydrogen-bond acceptors (Lipinski definition) is 5. The molecule has 1 aromatic rings. The van der Waals surface area contributed by atoms with E-state index in [4.69, 9.17) is 9.47 Å². The van der Waals surface area contributed by atoms with Gasteiger partial charge in [0.1, 0.15) is 0 Å². The van der Waals surface area contributed by atoms with Gasteiger partial charge in [0.15, 0.2) is 0 Å². The number of ether oxygens (including phenoxy) is 2. The Labute approximate surface area is 155 Å². The quantitative estimate of drug-likeness (QED) is 0.601. The van der Waals surface area contributed by atoms with Crippen LogP contribution in [0.1, 0.15) is 48.6 Å². The lowest BCUT2D eigenvalue weighted by atomic mass is 9.87. The highest BCUT2D eigenvalue weighted by atomic mass is 19.4. The van der Waals surface area contributed by atoms with Crippen LogP contribution in [0.5, 0.6) is 0 Å². The molecule has 0 aromatic heterocycles. The van der Waals surface area contributed by atoms with E-state index in [-0.39, 0.29) is 19.6 Å². The van der Waals surface area contributed by atoms with Gasteiger partial charge in [0, 0.05) is 12.1 Å². The molecule has 0 spiro atoms. The second-order valence-electron chi connectivity index (χ2n) is 5.98. The molecule has 1 aromatic carbocycles. The molecular formula is C19H22F3NO4. The Morgan fingerprint density at radius 1 is 1.22 bits per heavy atom. The van der Waals surface area contributed by atoms with Crippen molar-refractivity contribution in [1.29, 1.82) is 0 Å². The van der Waals surface area contributed by atoms with Crippen LogP contribution < -0.4 is 5.32 Å². The topological polar surface area (TPSA) is 64.6 Å². The highest BCUT2D eigenvalue weighted by Crippen LogP contribution is 2.37. The van der Waals surface area contributed by atoms with E-state index in [0.717, 1.165) is 18.2 Å². The molecule has 2 rings (SSSR count). The molecule has 1 atom stereocenters. The monoisotopic (exact) mass is 385 g/mol. The van der Waals surface area contributed by atoms with Crippen LogP contribution in [0.4, 0.5) is 13.2 Å². The number of fused-ring (bicyclic) bond motifs is 1. The number of carbonyl (C=O) groups excluding carboxylic acids is 2. The van der Waals surface area contributed by atoms with Gasteiger partial charge in [-0.25, -0.2) is 4.79 Å². The summed E-state index contributed by atoms with van der Waals surface area (Å²) >= 11 is 0. The van der Waals surface area contributed by atoms with E-state index in [2.05, 4.69) is 5.32 Å². The Morgan fingerprint density at radius 3 is 2.56 bits per heavy atom. The molecule has 5 nitrogen and oxygen atoms in total. The fraction of sp³-hybridized carbons (Fsp3) is 0.474. The molecule has 0 aliphatic carbocycles. The number of nitrogens with one attached hydrogen (secondary N) is 1. The summed E-state index contributed by atoms with van der Waals surface area (Å²) in [5.74, 6) is -1.11. The second kappa shape index (κ2) is 9.03. The molecule has 1 aliphatic rings. The van der Waals surface area contributed by atoms with Gasteiger partial charge in [-0.1, -0.05) is 0 Å². The summed E-state index contributed by atoms with van der Waals surface area (Å²) in [6.07, 6.45) is -1.69. The zero-order valence-electron chi connectivity index (χ0n) is 15.2. The summed E-state index contributed by atoms with van der Waals surface area (Å²) in [7, 11) is 0. The normalized spacial score (nSPS) is 16.9. The van der Waals surface area contributed by atoms with E-state index in [9.17, 15) is 22.8 Å². The predicted molar refractivity (Wildman–Crippen MR) is 92.8 cm³/mol. The van der Waals surface area contributed by atoms with Crippen LogP contribution in [0.3, 0.4) is 0 Å². The Balaban J connectivity index is 2.45. The van der Waals surface area contributed by atoms with E-state index >= 15 is 0 Å². The van der Waals surface area contributed by atoms with Gasteiger partial charge < -0.3 is 14.8 Å². The number of alkyl halides is 3. The number of carbonyl (C=O) groups is 2. The van der Waals surface area contributed by atoms with E-state index in [1.54, 1.807) is 13.8 Å². The summed E-state index contributed by atoms with van der Waals surface area (Å²) in [4.78, 5) is 23.4. The van der Waals surface area contributed by atoms with Crippen molar-refractivity contribution in [2.24, 2.45) is 0 Å². The van der Waals surface area contributed by atoms with Crippen molar-refractivity contribution in [3.05, 3.63) is 40.5 Å². The summed E-state index contributed by atoms with van der Waals surface area (Å²) in [5.41, 5.74) is 0.537. The molecule has 0 bridgehead atoms. The molecular weight excluding hydrogens is 363 g/mol. The molecule has 0 fully saturated rings. The lowest BCUT2D eigenvalue weighted by molar-refractivity contribution is -0.143. The Kier molecular flexibility index (Phi) is 7.01. The lowest BCUT2D eigenvalue weighted by Crippen LogP contribution is -2.32. The van der Waals surface area contributed by atoms with Gasteiger partial charge in [-0.05, 0) is 61.7 Å². The van der Waals surface area contributed by atoms with Gasteiger partial charge in [-0.3, -0.25) is 4.79 Å². The van der Waals surface area contributed by atoms with Crippen molar-refractivity contribution >= 4 is 18.0 Å². The average molecular weight is 385 g/mol. The number of esters is 2. The largest absolute Gasteiger partial charge is 0.466 e. The molecule has 0 saturated heterocycles. The van der Waals surface area contributed by atoms with Crippen molar-refractivity contribution in [2.75, 3.05) is 19.8 Å². The minimum Gasteiger partial charge on any atom is -0.466 e. The fourth-order valence-corrected chi connectivity index (χ4v) is 3.03. The number of hydrogen-bond donors (Lipinski definition) is 1. The van der Waals surface area contributed by atoms with Crippen LogP contribution in [0.25, 0.3) is 6.08 Å². The van der Waals surface area contributed by atoms with Crippen LogP contribution in [-0.4, -0.2) is 31.7 Å². The summed E-state index contributed by atoms with van der Waals surface area (Å²) in [6.45, 7) is 4.19. The molecule has 1 unspecified atom stereocenters. The molecule has 1 N–H and O–H groups in total. The lowest BCUT2D eigenvalue weighted by Gasteiger charge is -2.29. The molecule has 1 heterocycles.